The van der Waals surface area contributed by atoms with Gasteiger partial charge in [0.05, 0.1) is 6.07 Å². The summed E-state index contributed by atoms with van der Waals surface area (Å²) in [5.74, 6) is -0.974. The second-order valence-electron chi connectivity index (χ2n) is 2.91. The highest BCUT2D eigenvalue weighted by Crippen LogP contribution is 2.09. The lowest BCUT2D eigenvalue weighted by Crippen LogP contribution is -2.00. The fourth-order valence-corrected chi connectivity index (χ4v) is 1.06. The summed E-state index contributed by atoms with van der Waals surface area (Å²) in [5.41, 5.74) is 0.221. The first kappa shape index (κ1) is 11.7. The number of carboxylic acid groups (broad SMARTS) is 1. The van der Waals surface area contributed by atoms with Gasteiger partial charge in [-0.2, -0.15) is 5.26 Å². The Morgan fingerprint density at radius 2 is 2.15 bits per heavy atom. The van der Waals surface area contributed by atoms with E-state index in [1.807, 2.05) is 0 Å². The molecule has 0 radical (unpaired) electrons. The minimum Gasteiger partial charge on any atom is -0.478 e. The maximum absolute atomic E-state index is 10.5. The van der Waals surface area contributed by atoms with Crippen molar-refractivity contribution in [1.29, 1.82) is 5.26 Å². The van der Waals surface area contributed by atoms with Crippen molar-refractivity contribution in [3.63, 3.8) is 0 Å². The van der Waals surface area contributed by atoms with Gasteiger partial charge in [0, 0.05) is 11.6 Å². The Labute approximate surface area is 78.7 Å². The number of nitrogens with zero attached hydrogens (tertiary/aromatic N) is 1. The molecule has 1 N–H and O–H groups in total. The van der Waals surface area contributed by atoms with E-state index >= 15 is 0 Å². The average Bonchev–Trinajstić information content (AvgIpc) is 2.10. The molecule has 0 spiro atoms. The molecule has 0 saturated heterocycles. The highest BCUT2D eigenvalue weighted by atomic mass is 16.4. The van der Waals surface area contributed by atoms with Gasteiger partial charge in [-0.15, -0.1) is 0 Å². The number of aliphatic carboxylic acids is 1. The summed E-state index contributed by atoms with van der Waals surface area (Å²) in [7, 11) is 0. The van der Waals surface area contributed by atoms with Crippen molar-refractivity contribution >= 4 is 5.97 Å². The van der Waals surface area contributed by atoms with Gasteiger partial charge in [0.15, 0.2) is 0 Å². The van der Waals surface area contributed by atoms with Gasteiger partial charge < -0.3 is 5.11 Å². The minimum absolute atomic E-state index is 0.221. The van der Waals surface area contributed by atoms with E-state index in [1.54, 1.807) is 6.07 Å². The molecular weight excluding hydrogens is 166 g/mol. The Balaban J connectivity index is 3.80. The number of hydrogen-bond acceptors (Lipinski definition) is 2. The predicted molar refractivity (Wildman–Crippen MR) is 50.1 cm³/mol. The summed E-state index contributed by atoms with van der Waals surface area (Å²) < 4.78 is 0. The predicted octanol–water partition coefficient (Wildman–Crippen LogP) is 2.49. The molecule has 0 aromatic heterocycles. The summed E-state index contributed by atoms with van der Waals surface area (Å²) in [5, 5.41) is 16.9. The molecule has 0 aromatic carbocycles. The van der Waals surface area contributed by atoms with E-state index in [9.17, 15) is 4.79 Å². The van der Waals surface area contributed by atoms with E-state index in [-0.39, 0.29) is 5.57 Å². The van der Waals surface area contributed by atoms with Crippen LogP contribution in [0.1, 0.15) is 39.0 Å². The number of carboxylic acids is 1. The minimum atomic E-state index is -0.974. The van der Waals surface area contributed by atoms with E-state index in [0.29, 0.717) is 6.42 Å². The van der Waals surface area contributed by atoms with Gasteiger partial charge in [-0.3, -0.25) is 0 Å². The van der Waals surface area contributed by atoms with Crippen LogP contribution in [0, 0.1) is 11.3 Å². The van der Waals surface area contributed by atoms with Crippen LogP contribution in [0.5, 0.6) is 0 Å². The number of carbonyl (C=O) groups is 1. The Morgan fingerprint density at radius 3 is 2.62 bits per heavy atom. The smallest absolute Gasteiger partial charge is 0.332 e. The van der Waals surface area contributed by atoms with Crippen LogP contribution in [-0.4, -0.2) is 11.1 Å². The molecule has 13 heavy (non-hydrogen) atoms. The van der Waals surface area contributed by atoms with Crippen molar-refractivity contribution in [2.45, 2.75) is 39.0 Å². The summed E-state index contributed by atoms with van der Waals surface area (Å²) in [6.07, 6.45) is 5.77. The first-order valence-electron chi connectivity index (χ1n) is 4.54. The van der Waals surface area contributed by atoms with Crippen LogP contribution >= 0.6 is 0 Å². The summed E-state index contributed by atoms with van der Waals surface area (Å²) in [4.78, 5) is 10.5. The van der Waals surface area contributed by atoms with Gasteiger partial charge in [0.25, 0.3) is 0 Å². The zero-order valence-corrected chi connectivity index (χ0v) is 7.92. The van der Waals surface area contributed by atoms with Crippen molar-refractivity contribution in [3.05, 3.63) is 11.6 Å². The lowest BCUT2D eigenvalue weighted by atomic mass is 10.1. The second-order valence-corrected chi connectivity index (χ2v) is 2.91. The standard InChI is InChI=1S/C10H15NO2/c1-2-3-4-5-6-9(7-8-11)10(12)13/h7H,2-6H2,1H3,(H,12,13). The number of rotatable bonds is 6. The Hall–Kier alpha value is -1.30. The lowest BCUT2D eigenvalue weighted by Gasteiger charge is -1.99. The van der Waals surface area contributed by atoms with Gasteiger partial charge in [0.2, 0.25) is 0 Å². The van der Waals surface area contributed by atoms with Crippen LogP contribution in [0.3, 0.4) is 0 Å². The summed E-state index contributed by atoms with van der Waals surface area (Å²) >= 11 is 0. The highest BCUT2D eigenvalue weighted by molar-refractivity contribution is 5.87. The molecule has 0 aliphatic carbocycles. The molecule has 0 amide bonds. The van der Waals surface area contributed by atoms with E-state index in [4.69, 9.17) is 10.4 Å². The third-order valence-electron chi connectivity index (χ3n) is 1.81. The quantitative estimate of drug-likeness (QED) is 0.389. The molecule has 0 bridgehead atoms. The van der Waals surface area contributed by atoms with E-state index in [0.717, 1.165) is 31.8 Å². The monoisotopic (exact) mass is 181 g/mol. The molecule has 0 atom stereocenters. The molecule has 3 nitrogen and oxygen atoms in total. The highest BCUT2D eigenvalue weighted by Gasteiger charge is 2.05. The van der Waals surface area contributed by atoms with E-state index < -0.39 is 5.97 Å². The molecule has 0 heterocycles. The average molecular weight is 181 g/mol. The molecule has 0 aliphatic rings. The molecule has 0 aliphatic heterocycles. The zero-order valence-electron chi connectivity index (χ0n) is 7.92. The third kappa shape index (κ3) is 5.92. The number of allylic oxidation sites excluding steroid dienone is 1. The molecule has 0 unspecified atom stereocenters. The van der Waals surface area contributed by atoms with Crippen molar-refractivity contribution in [2.75, 3.05) is 0 Å². The van der Waals surface area contributed by atoms with Gasteiger partial charge in [-0.25, -0.2) is 4.79 Å². The molecule has 72 valence electrons. The third-order valence-corrected chi connectivity index (χ3v) is 1.81. The molecule has 0 aromatic rings. The molecule has 0 fully saturated rings. The summed E-state index contributed by atoms with van der Waals surface area (Å²) in [6, 6.07) is 1.75. The second kappa shape index (κ2) is 7.35. The van der Waals surface area contributed by atoms with Gasteiger partial charge in [0.1, 0.15) is 0 Å². The Morgan fingerprint density at radius 1 is 1.46 bits per heavy atom. The van der Waals surface area contributed by atoms with Crippen molar-refractivity contribution in [2.24, 2.45) is 0 Å². The Bertz CT molecular complexity index is 226. The van der Waals surface area contributed by atoms with Crippen LogP contribution in [0.4, 0.5) is 0 Å². The van der Waals surface area contributed by atoms with Gasteiger partial charge in [-0.05, 0) is 12.8 Å². The number of unbranched alkanes of at least 4 members (excludes halogenated alkanes) is 3. The maximum atomic E-state index is 10.5. The molecule has 3 heteroatoms. The first-order chi connectivity index (χ1) is 6.22. The van der Waals surface area contributed by atoms with Crippen LogP contribution in [0.15, 0.2) is 11.6 Å². The lowest BCUT2D eigenvalue weighted by molar-refractivity contribution is -0.132. The van der Waals surface area contributed by atoms with E-state index in [2.05, 4.69) is 6.92 Å². The van der Waals surface area contributed by atoms with Crippen molar-refractivity contribution in [1.82, 2.24) is 0 Å². The van der Waals surface area contributed by atoms with Crippen LogP contribution in [-0.2, 0) is 4.79 Å². The SMILES string of the molecule is CCCCCCC(=CC#N)C(=O)O. The van der Waals surface area contributed by atoms with Crippen molar-refractivity contribution in [3.8, 4) is 6.07 Å². The number of nitriles is 1. The molecule has 0 rings (SSSR count). The van der Waals surface area contributed by atoms with Crippen LogP contribution in [0.25, 0.3) is 0 Å². The van der Waals surface area contributed by atoms with Crippen molar-refractivity contribution < 1.29 is 9.90 Å². The van der Waals surface area contributed by atoms with Gasteiger partial charge >= 0.3 is 5.97 Å². The maximum Gasteiger partial charge on any atom is 0.332 e. The summed E-state index contributed by atoms with van der Waals surface area (Å²) in [6.45, 7) is 2.10. The zero-order chi connectivity index (χ0) is 10.1. The van der Waals surface area contributed by atoms with Crippen LogP contribution < -0.4 is 0 Å². The van der Waals surface area contributed by atoms with Crippen LogP contribution in [0.2, 0.25) is 0 Å². The fourth-order valence-electron chi connectivity index (χ4n) is 1.06. The largest absolute Gasteiger partial charge is 0.478 e. The molecule has 0 saturated carbocycles. The molecular formula is C10H15NO2. The van der Waals surface area contributed by atoms with Gasteiger partial charge in [-0.1, -0.05) is 26.2 Å². The Kier molecular flexibility index (Phi) is 6.62. The van der Waals surface area contributed by atoms with E-state index in [1.165, 1.54) is 0 Å². The fraction of sp³-hybridized carbons (Fsp3) is 0.600. The first-order valence-corrected chi connectivity index (χ1v) is 4.54. The normalized spacial score (nSPS) is 10.9. The topological polar surface area (TPSA) is 61.1 Å². The number of hydrogen-bond donors (Lipinski definition) is 1.